The Morgan fingerprint density at radius 3 is 2.39 bits per heavy atom. The number of aromatic nitrogens is 2. The molecule has 0 fully saturated rings. The quantitative estimate of drug-likeness (QED) is 0.449. The summed E-state index contributed by atoms with van der Waals surface area (Å²) >= 11 is 0. The van der Waals surface area contributed by atoms with E-state index in [1.807, 2.05) is 30.3 Å². The van der Waals surface area contributed by atoms with E-state index in [9.17, 15) is 19.2 Å². The average Bonchev–Trinajstić information content (AvgIpc) is 2.79. The third-order valence-corrected chi connectivity index (χ3v) is 4.64. The molecule has 0 saturated carbocycles. The zero-order valence-corrected chi connectivity index (χ0v) is 17.0. The van der Waals surface area contributed by atoms with Gasteiger partial charge < -0.3 is 15.2 Å². The summed E-state index contributed by atoms with van der Waals surface area (Å²) < 4.78 is 12.5. The summed E-state index contributed by atoms with van der Waals surface area (Å²) in [6.07, 6.45) is 0. The molecule has 0 amide bonds. The third kappa shape index (κ3) is 4.72. The second-order valence-electron chi connectivity index (χ2n) is 6.77. The lowest BCUT2D eigenvalue weighted by atomic mass is 10.2. The summed E-state index contributed by atoms with van der Waals surface area (Å²) in [5.41, 5.74) is 4.98. The maximum atomic E-state index is 12.5. The lowest BCUT2D eigenvalue weighted by molar-refractivity contribution is 0.0473. The van der Waals surface area contributed by atoms with Crippen molar-refractivity contribution in [2.45, 2.75) is 6.61 Å². The van der Waals surface area contributed by atoms with Gasteiger partial charge in [0.05, 0.1) is 5.56 Å². The first-order valence-corrected chi connectivity index (χ1v) is 9.32. The van der Waals surface area contributed by atoms with Crippen molar-refractivity contribution in [2.24, 2.45) is 14.1 Å². The molecule has 0 spiro atoms. The van der Waals surface area contributed by atoms with E-state index in [1.54, 1.807) is 12.1 Å². The van der Waals surface area contributed by atoms with Gasteiger partial charge in [-0.1, -0.05) is 36.4 Å². The zero-order valence-electron chi connectivity index (χ0n) is 17.0. The number of ether oxygens (including phenoxy) is 2. The molecule has 0 aliphatic heterocycles. The maximum Gasteiger partial charge on any atom is 0.338 e. The molecule has 3 rings (SSSR count). The third-order valence-electron chi connectivity index (χ3n) is 4.64. The lowest BCUT2D eigenvalue weighted by Gasteiger charge is -2.11. The number of hydrogen-bond donors (Lipinski definition) is 1. The van der Waals surface area contributed by atoms with Crippen LogP contribution in [0.5, 0.6) is 5.75 Å². The molecule has 1 aromatic heterocycles. The van der Waals surface area contributed by atoms with Crippen LogP contribution in [0, 0.1) is 0 Å². The van der Waals surface area contributed by atoms with Crippen LogP contribution in [-0.2, 0) is 25.4 Å². The molecule has 2 N–H and O–H groups in total. The molecular formula is C22H21N3O6. The number of nitrogens with zero attached hydrogens (tertiary/aromatic N) is 2. The summed E-state index contributed by atoms with van der Waals surface area (Å²) in [7, 11) is 2.56. The summed E-state index contributed by atoms with van der Waals surface area (Å²) in [4.78, 5) is 48.9. The van der Waals surface area contributed by atoms with E-state index in [4.69, 9.17) is 15.2 Å². The van der Waals surface area contributed by atoms with E-state index in [0.29, 0.717) is 12.4 Å². The molecule has 31 heavy (non-hydrogen) atoms. The van der Waals surface area contributed by atoms with Gasteiger partial charge in [0.1, 0.15) is 23.7 Å². The van der Waals surface area contributed by atoms with Gasteiger partial charge in [0, 0.05) is 14.1 Å². The monoisotopic (exact) mass is 423 g/mol. The fraction of sp³-hybridized carbons (Fsp3) is 0.182. The van der Waals surface area contributed by atoms with Crippen molar-refractivity contribution in [2.75, 3.05) is 12.3 Å². The van der Waals surface area contributed by atoms with Crippen LogP contribution >= 0.6 is 0 Å². The number of esters is 1. The van der Waals surface area contributed by atoms with E-state index in [1.165, 1.54) is 26.2 Å². The molecule has 0 atom stereocenters. The summed E-state index contributed by atoms with van der Waals surface area (Å²) in [6, 6.07) is 15.9. The highest BCUT2D eigenvalue weighted by molar-refractivity contribution is 6.02. The largest absolute Gasteiger partial charge is 0.489 e. The minimum Gasteiger partial charge on any atom is -0.489 e. The van der Waals surface area contributed by atoms with Crippen LogP contribution in [0.1, 0.15) is 26.3 Å². The standard InChI is InChI=1S/C22H21N3O6/c1-24-19(23)18(20(27)25(2)22(24)29)17(26)13-31-21(28)15-9-6-10-16(11-15)30-12-14-7-4-3-5-8-14/h3-11H,12-13,23H2,1-2H3. The number of benzene rings is 2. The molecular weight excluding hydrogens is 402 g/mol. The predicted molar refractivity (Wildman–Crippen MR) is 113 cm³/mol. The summed E-state index contributed by atoms with van der Waals surface area (Å²) in [5.74, 6) is -1.40. The van der Waals surface area contributed by atoms with Gasteiger partial charge in [-0.05, 0) is 23.8 Å². The summed E-state index contributed by atoms with van der Waals surface area (Å²) in [6.45, 7) is -0.376. The molecule has 2 aromatic carbocycles. The highest BCUT2D eigenvalue weighted by atomic mass is 16.5. The van der Waals surface area contributed by atoms with Crippen LogP contribution in [-0.4, -0.2) is 27.5 Å². The molecule has 0 radical (unpaired) electrons. The van der Waals surface area contributed by atoms with Gasteiger partial charge >= 0.3 is 11.7 Å². The molecule has 160 valence electrons. The lowest BCUT2D eigenvalue weighted by Crippen LogP contribution is -2.42. The van der Waals surface area contributed by atoms with Crippen molar-refractivity contribution < 1.29 is 19.1 Å². The van der Waals surface area contributed by atoms with Crippen molar-refractivity contribution in [1.29, 1.82) is 0 Å². The van der Waals surface area contributed by atoms with Gasteiger partial charge in [-0.25, -0.2) is 9.59 Å². The number of carbonyl (C=O) groups excluding carboxylic acids is 2. The molecule has 0 unspecified atom stereocenters. The number of rotatable bonds is 7. The molecule has 9 heteroatoms. The van der Waals surface area contributed by atoms with Crippen molar-refractivity contribution in [3.05, 3.63) is 92.1 Å². The number of ketones is 1. The first kappa shape index (κ1) is 21.6. The highest BCUT2D eigenvalue weighted by Crippen LogP contribution is 2.16. The van der Waals surface area contributed by atoms with Crippen molar-refractivity contribution in [3.8, 4) is 5.75 Å². The van der Waals surface area contributed by atoms with Crippen LogP contribution in [0.15, 0.2) is 64.2 Å². The first-order chi connectivity index (χ1) is 14.8. The number of carbonyl (C=O) groups is 2. The Labute approximate surface area is 177 Å². The van der Waals surface area contributed by atoms with E-state index in [2.05, 4.69) is 0 Å². The molecule has 3 aromatic rings. The van der Waals surface area contributed by atoms with Crippen molar-refractivity contribution >= 4 is 17.6 Å². The van der Waals surface area contributed by atoms with Crippen LogP contribution in [0.3, 0.4) is 0 Å². The van der Waals surface area contributed by atoms with Crippen LogP contribution in [0.2, 0.25) is 0 Å². The minimum atomic E-state index is -0.849. The first-order valence-electron chi connectivity index (χ1n) is 9.32. The van der Waals surface area contributed by atoms with Gasteiger partial charge in [-0.2, -0.15) is 0 Å². The van der Waals surface area contributed by atoms with E-state index < -0.39 is 35.2 Å². The normalized spacial score (nSPS) is 10.5. The van der Waals surface area contributed by atoms with Gasteiger partial charge in [0.15, 0.2) is 6.61 Å². The van der Waals surface area contributed by atoms with E-state index in [0.717, 1.165) is 14.7 Å². The molecule has 9 nitrogen and oxygen atoms in total. The van der Waals surface area contributed by atoms with Crippen LogP contribution < -0.4 is 21.7 Å². The van der Waals surface area contributed by atoms with Gasteiger partial charge in [-0.15, -0.1) is 0 Å². The van der Waals surface area contributed by atoms with E-state index in [-0.39, 0.29) is 11.4 Å². The Hall–Kier alpha value is -4.14. The van der Waals surface area contributed by atoms with Crippen molar-refractivity contribution in [1.82, 2.24) is 9.13 Å². The zero-order chi connectivity index (χ0) is 22.5. The number of anilines is 1. The second kappa shape index (κ2) is 9.12. The van der Waals surface area contributed by atoms with Crippen molar-refractivity contribution in [3.63, 3.8) is 0 Å². The fourth-order valence-electron chi connectivity index (χ4n) is 2.86. The molecule has 0 bridgehead atoms. The number of hydrogen-bond acceptors (Lipinski definition) is 7. The fourth-order valence-corrected chi connectivity index (χ4v) is 2.86. The topological polar surface area (TPSA) is 123 Å². The summed E-state index contributed by atoms with van der Waals surface area (Å²) in [5, 5.41) is 0. The SMILES string of the molecule is Cn1c(N)c(C(=O)COC(=O)c2cccc(OCc3ccccc3)c2)c(=O)n(C)c1=O. The number of nitrogens with two attached hydrogens (primary N) is 1. The van der Waals surface area contributed by atoms with Crippen LogP contribution in [0.4, 0.5) is 5.82 Å². The molecule has 0 aliphatic carbocycles. The second-order valence-corrected chi connectivity index (χ2v) is 6.77. The van der Waals surface area contributed by atoms with Gasteiger partial charge in [0.25, 0.3) is 5.56 Å². The maximum absolute atomic E-state index is 12.5. The Morgan fingerprint density at radius 2 is 1.68 bits per heavy atom. The number of Topliss-reactive ketones (excluding diaryl/α,β-unsaturated/α-hetero) is 1. The minimum absolute atomic E-state index is 0.180. The van der Waals surface area contributed by atoms with Gasteiger partial charge in [0.2, 0.25) is 5.78 Å². The Balaban J connectivity index is 1.68. The number of nitrogen functional groups attached to an aromatic ring is 1. The van der Waals surface area contributed by atoms with Crippen LogP contribution in [0.25, 0.3) is 0 Å². The highest BCUT2D eigenvalue weighted by Gasteiger charge is 2.21. The predicted octanol–water partition coefficient (Wildman–Crippen LogP) is 1.28. The Morgan fingerprint density at radius 1 is 0.968 bits per heavy atom. The molecule has 0 aliphatic rings. The Kier molecular flexibility index (Phi) is 6.35. The van der Waals surface area contributed by atoms with E-state index >= 15 is 0 Å². The average molecular weight is 423 g/mol. The smallest absolute Gasteiger partial charge is 0.338 e. The Bertz CT molecular complexity index is 1240. The van der Waals surface area contributed by atoms with Gasteiger partial charge in [-0.3, -0.25) is 18.7 Å². The molecule has 1 heterocycles. The molecule has 0 saturated heterocycles.